The Labute approximate surface area is 290 Å². The maximum Gasteiger partial charge on any atom is 0.399 e. The molecule has 0 aliphatic carbocycles. The van der Waals surface area contributed by atoms with E-state index in [9.17, 15) is 27.7 Å². The molecule has 0 spiro atoms. The van der Waals surface area contributed by atoms with Crippen molar-refractivity contribution in [2.45, 2.75) is 43.1 Å². The quantitative estimate of drug-likeness (QED) is 0.192. The van der Waals surface area contributed by atoms with Crippen molar-refractivity contribution < 1.29 is 47.0 Å². The van der Waals surface area contributed by atoms with Gasteiger partial charge in [-0.3, -0.25) is 18.9 Å². The average molecular weight is 728 g/mol. The molecule has 2 aliphatic rings. The van der Waals surface area contributed by atoms with E-state index in [0.717, 1.165) is 34.6 Å². The Morgan fingerprint density at radius 3 is 2.50 bits per heavy atom. The molecule has 0 radical (unpaired) electrons. The number of methoxy groups -OCH3 is 1. The number of rotatable bonds is 10. The smallest absolute Gasteiger partial charge is 0.399 e. The van der Waals surface area contributed by atoms with Gasteiger partial charge in [0.25, 0.3) is 5.91 Å². The number of benzene rings is 3. The molecule has 1 aromatic heterocycles. The van der Waals surface area contributed by atoms with Crippen LogP contribution in [0.4, 0.5) is 8.78 Å². The van der Waals surface area contributed by atoms with Crippen LogP contribution in [-0.2, 0) is 31.0 Å². The number of thiophene rings is 1. The van der Waals surface area contributed by atoms with Crippen LogP contribution in [0.1, 0.15) is 45.3 Å². The number of hydrogen-bond acceptors (Lipinski definition) is 7. The highest BCUT2D eigenvalue weighted by Crippen LogP contribution is 2.59. The molecule has 264 valence electrons. The molecule has 3 N–H and O–H groups in total. The minimum Gasteiger partial charge on any atom is -0.497 e. The summed E-state index contributed by atoms with van der Waals surface area (Å²) in [7, 11) is -4.26. The van der Waals surface area contributed by atoms with E-state index in [2.05, 4.69) is 5.32 Å². The van der Waals surface area contributed by atoms with Gasteiger partial charge in [0.1, 0.15) is 23.9 Å². The Balaban J connectivity index is 1.23. The summed E-state index contributed by atoms with van der Waals surface area (Å²) in [5.41, 5.74) is -3.60. The summed E-state index contributed by atoms with van der Waals surface area (Å²) in [6.45, 7) is 1.42. The van der Waals surface area contributed by atoms with Crippen LogP contribution in [0.25, 0.3) is 10.1 Å². The standard InChI is InChI=1S/C35H36F2N3O8PS/c1-47-26-12-9-22(10-13-26)18-27(38-32(41)31-20-24-19-25(11-14-30(24)50-31)35(36,37)49(44,45)46)33(42)40-15-5-8-28(40)34(43)39-16-17-48-29(21-39)23-6-3-2-4-7-23/h2-4,6-7,9-14,19-20,27-29H,5,8,15-18,21H2,1H3,(H,38,41)(H2,44,45,46). The fourth-order valence-corrected chi connectivity index (χ4v) is 7.78. The number of likely N-dealkylation sites (tertiary alicyclic amines) is 1. The Kier molecular flexibility index (Phi) is 10.4. The summed E-state index contributed by atoms with van der Waals surface area (Å²) in [5, 5.41) is 3.00. The van der Waals surface area contributed by atoms with E-state index in [4.69, 9.17) is 19.3 Å². The zero-order chi connectivity index (χ0) is 35.6. The summed E-state index contributed by atoms with van der Waals surface area (Å²) in [6, 6.07) is 19.3. The first-order chi connectivity index (χ1) is 23.9. The van der Waals surface area contributed by atoms with Crippen molar-refractivity contribution in [3.8, 4) is 5.75 Å². The lowest BCUT2D eigenvalue weighted by Gasteiger charge is -2.37. The van der Waals surface area contributed by atoms with Gasteiger partial charge in [-0.25, -0.2) is 0 Å². The van der Waals surface area contributed by atoms with E-state index < -0.39 is 42.7 Å². The molecule has 3 atom stereocenters. The molecule has 3 amide bonds. The third-order valence-corrected chi connectivity index (χ3v) is 11.1. The van der Waals surface area contributed by atoms with Crippen LogP contribution in [-0.4, -0.2) is 82.7 Å². The third kappa shape index (κ3) is 7.45. The zero-order valence-electron chi connectivity index (χ0n) is 27.0. The molecular formula is C35H36F2N3O8PS. The van der Waals surface area contributed by atoms with Crippen LogP contribution in [0.5, 0.6) is 5.75 Å². The van der Waals surface area contributed by atoms with Gasteiger partial charge in [0.2, 0.25) is 11.8 Å². The predicted octanol–water partition coefficient (Wildman–Crippen LogP) is 5.07. The summed E-state index contributed by atoms with van der Waals surface area (Å²) in [5.74, 6) is -0.633. The van der Waals surface area contributed by atoms with Gasteiger partial charge in [-0.05, 0) is 59.7 Å². The summed E-state index contributed by atoms with van der Waals surface area (Å²) in [6.07, 6.45) is 0.889. The summed E-state index contributed by atoms with van der Waals surface area (Å²) in [4.78, 5) is 63.6. The number of morpholine rings is 1. The van der Waals surface area contributed by atoms with Crippen molar-refractivity contribution in [2.24, 2.45) is 0 Å². The number of nitrogens with one attached hydrogen (secondary N) is 1. The molecule has 3 heterocycles. The first-order valence-electron chi connectivity index (χ1n) is 16.0. The van der Waals surface area contributed by atoms with Gasteiger partial charge < -0.3 is 34.4 Å². The molecule has 2 saturated heterocycles. The second-order valence-corrected chi connectivity index (χ2v) is 15.0. The van der Waals surface area contributed by atoms with Crippen molar-refractivity contribution >= 4 is 46.7 Å². The molecule has 2 aliphatic heterocycles. The number of amides is 3. The summed E-state index contributed by atoms with van der Waals surface area (Å²) < 4.78 is 51.9. The van der Waals surface area contributed by atoms with Crippen LogP contribution in [0.3, 0.4) is 0 Å². The van der Waals surface area contributed by atoms with Crippen LogP contribution in [0, 0.1) is 0 Å². The maximum absolute atomic E-state index is 14.4. The Bertz CT molecular complexity index is 1920. The van der Waals surface area contributed by atoms with E-state index in [1.165, 1.54) is 24.1 Å². The number of alkyl halides is 2. The first kappa shape index (κ1) is 35.6. The van der Waals surface area contributed by atoms with Gasteiger partial charge in [0, 0.05) is 29.8 Å². The minimum atomic E-state index is -5.79. The molecular weight excluding hydrogens is 691 g/mol. The molecule has 3 aromatic carbocycles. The normalized spacial score (nSPS) is 19.0. The predicted molar refractivity (Wildman–Crippen MR) is 182 cm³/mol. The number of carbonyl (C=O) groups is 3. The Hall–Kier alpha value is -4.20. The van der Waals surface area contributed by atoms with Crippen molar-refractivity contribution in [3.63, 3.8) is 0 Å². The van der Waals surface area contributed by atoms with Crippen molar-refractivity contribution in [1.29, 1.82) is 0 Å². The van der Waals surface area contributed by atoms with Gasteiger partial charge in [-0.2, -0.15) is 8.78 Å². The van der Waals surface area contributed by atoms with E-state index in [0.29, 0.717) is 49.5 Å². The SMILES string of the molecule is COc1ccc(CC(NC(=O)c2cc3cc(C(F)(F)P(=O)(O)O)ccc3s2)C(=O)N2CCCC2C(=O)N2CCOC(c3ccccc3)C2)cc1. The highest BCUT2D eigenvalue weighted by molar-refractivity contribution is 7.52. The fraction of sp³-hybridized carbons (Fsp3) is 0.343. The van der Waals surface area contributed by atoms with Gasteiger partial charge in [-0.15, -0.1) is 11.3 Å². The molecule has 11 nitrogen and oxygen atoms in total. The van der Waals surface area contributed by atoms with Gasteiger partial charge in [0.05, 0.1) is 25.1 Å². The van der Waals surface area contributed by atoms with E-state index in [1.807, 2.05) is 30.3 Å². The van der Waals surface area contributed by atoms with Crippen LogP contribution in [0.2, 0.25) is 0 Å². The molecule has 15 heteroatoms. The zero-order valence-corrected chi connectivity index (χ0v) is 28.7. The molecule has 0 saturated carbocycles. The van der Waals surface area contributed by atoms with Crippen molar-refractivity contribution in [2.75, 3.05) is 33.4 Å². The van der Waals surface area contributed by atoms with Crippen LogP contribution >= 0.6 is 18.9 Å². The lowest BCUT2D eigenvalue weighted by molar-refractivity contribution is -0.149. The van der Waals surface area contributed by atoms with E-state index >= 15 is 0 Å². The first-order valence-corrected chi connectivity index (χ1v) is 18.5. The van der Waals surface area contributed by atoms with E-state index in [1.54, 1.807) is 29.2 Å². The second-order valence-electron chi connectivity index (χ2n) is 12.3. The molecule has 6 rings (SSSR count). The highest BCUT2D eigenvalue weighted by atomic mass is 32.1. The number of hydrogen-bond donors (Lipinski definition) is 3. The fourth-order valence-electron chi connectivity index (χ4n) is 6.35. The number of ether oxygens (including phenoxy) is 2. The molecule has 4 aromatic rings. The maximum atomic E-state index is 14.4. The Morgan fingerprint density at radius 2 is 1.80 bits per heavy atom. The number of nitrogens with zero attached hydrogens (tertiary/aromatic N) is 2. The Morgan fingerprint density at radius 1 is 1.06 bits per heavy atom. The number of fused-ring (bicyclic) bond motifs is 1. The molecule has 2 fully saturated rings. The highest BCUT2D eigenvalue weighted by Gasteiger charge is 2.50. The average Bonchev–Trinajstić information content (AvgIpc) is 3.79. The van der Waals surface area contributed by atoms with Crippen LogP contribution in [0.15, 0.2) is 78.9 Å². The molecule has 0 bridgehead atoms. The van der Waals surface area contributed by atoms with Crippen LogP contribution < -0.4 is 10.1 Å². The van der Waals surface area contributed by atoms with Gasteiger partial charge in [-0.1, -0.05) is 48.5 Å². The minimum absolute atomic E-state index is 0.100. The van der Waals surface area contributed by atoms with Crippen molar-refractivity contribution in [1.82, 2.24) is 15.1 Å². The van der Waals surface area contributed by atoms with Crippen molar-refractivity contribution in [3.05, 3.63) is 100 Å². The third-order valence-electron chi connectivity index (χ3n) is 9.03. The monoisotopic (exact) mass is 727 g/mol. The topological polar surface area (TPSA) is 146 Å². The summed E-state index contributed by atoms with van der Waals surface area (Å²) >= 11 is 0.987. The lowest BCUT2D eigenvalue weighted by Crippen LogP contribution is -2.56. The second kappa shape index (κ2) is 14.6. The molecule has 3 unspecified atom stereocenters. The lowest BCUT2D eigenvalue weighted by atomic mass is 10.0. The molecule has 50 heavy (non-hydrogen) atoms. The van der Waals surface area contributed by atoms with E-state index in [-0.39, 0.29) is 28.7 Å². The number of halogens is 2. The largest absolute Gasteiger partial charge is 0.497 e. The number of carbonyl (C=O) groups excluding carboxylic acids is 3. The van der Waals surface area contributed by atoms with Gasteiger partial charge >= 0.3 is 13.3 Å². The van der Waals surface area contributed by atoms with Gasteiger partial charge in [0.15, 0.2) is 0 Å².